The van der Waals surface area contributed by atoms with E-state index in [4.69, 9.17) is 14.9 Å². The van der Waals surface area contributed by atoms with Crippen molar-refractivity contribution in [2.24, 2.45) is 0 Å². The van der Waals surface area contributed by atoms with Crippen molar-refractivity contribution >= 4 is 56.0 Å². The molecule has 2 N–H and O–H groups in total. The number of benzene rings is 4. The van der Waals surface area contributed by atoms with Gasteiger partial charge in [0.15, 0.2) is 0 Å². The van der Waals surface area contributed by atoms with E-state index in [9.17, 15) is 22.8 Å². The largest absolute Gasteiger partial charge is 0.465 e. The fourth-order valence-electron chi connectivity index (χ4n) is 5.74. The van der Waals surface area contributed by atoms with Crippen LogP contribution >= 0.6 is 0 Å². The first-order valence-corrected chi connectivity index (χ1v) is 17.3. The average Bonchev–Trinajstić information content (AvgIpc) is 3.09. The van der Waals surface area contributed by atoms with Crippen molar-refractivity contribution in [3.05, 3.63) is 102 Å². The maximum absolute atomic E-state index is 14.2. The number of fused-ring (bicyclic) bond motifs is 2. The summed E-state index contributed by atoms with van der Waals surface area (Å²) < 4.78 is 39.4. The van der Waals surface area contributed by atoms with Gasteiger partial charge in [-0.25, -0.2) is 13.2 Å². The Morgan fingerprint density at radius 1 is 0.917 bits per heavy atom. The number of carbonyl (C=O) groups excluding carboxylic acids is 3. The molecule has 5 rings (SSSR count). The van der Waals surface area contributed by atoms with Gasteiger partial charge in [-0.1, -0.05) is 60.7 Å². The molecule has 2 amide bonds. The summed E-state index contributed by atoms with van der Waals surface area (Å²) in [6.45, 7) is 3.69. The molecule has 250 valence electrons. The minimum absolute atomic E-state index is 0.0729. The van der Waals surface area contributed by atoms with Crippen LogP contribution in [0.4, 0.5) is 16.2 Å². The highest BCUT2D eigenvalue weighted by Crippen LogP contribution is 2.35. The lowest BCUT2D eigenvalue weighted by Crippen LogP contribution is -2.38. The Bertz CT molecular complexity index is 1940. The summed E-state index contributed by atoms with van der Waals surface area (Å²) in [5.74, 6) is -0.821. The Kier molecular flexibility index (Phi) is 10.7. The van der Waals surface area contributed by atoms with Crippen LogP contribution in [0.25, 0.3) is 10.8 Å². The Balaban J connectivity index is 1.35. The molecule has 48 heavy (non-hydrogen) atoms. The number of hydrogen-bond acceptors (Lipinski definition) is 8. The van der Waals surface area contributed by atoms with Crippen molar-refractivity contribution in [3.63, 3.8) is 0 Å². The molecular weight excluding hydrogens is 632 g/mol. The van der Waals surface area contributed by atoms with E-state index in [0.29, 0.717) is 48.1 Å². The molecule has 0 unspecified atom stereocenters. The first kappa shape index (κ1) is 34.1. The number of carbonyl (C=O) groups is 3. The van der Waals surface area contributed by atoms with Crippen LogP contribution in [0, 0.1) is 5.41 Å². The van der Waals surface area contributed by atoms with Gasteiger partial charge in [0, 0.05) is 29.6 Å². The molecule has 0 radical (unpaired) electrons. The summed E-state index contributed by atoms with van der Waals surface area (Å²) in [5, 5.41) is 11.7. The van der Waals surface area contributed by atoms with Gasteiger partial charge >= 0.3 is 12.1 Å². The van der Waals surface area contributed by atoms with E-state index in [0.717, 1.165) is 20.8 Å². The molecular formula is C36H38N4O7S. The molecule has 4 aromatic carbocycles. The topological polar surface area (TPSA) is 146 Å². The van der Waals surface area contributed by atoms with Gasteiger partial charge in [-0.15, -0.1) is 0 Å². The number of nitrogens with one attached hydrogen (secondary N) is 2. The molecule has 1 aliphatic heterocycles. The second-order valence-corrected chi connectivity index (χ2v) is 13.0. The zero-order valence-electron chi connectivity index (χ0n) is 26.9. The van der Waals surface area contributed by atoms with Crippen LogP contribution in [-0.4, -0.2) is 58.5 Å². The second-order valence-electron chi connectivity index (χ2n) is 11.2. The third kappa shape index (κ3) is 7.66. The summed E-state index contributed by atoms with van der Waals surface area (Å²) in [7, 11) is -4.20. The lowest BCUT2D eigenvalue weighted by molar-refractivity contribution is -0.141. The fraction of sp³-hybridized carbons (Fsp3) is 0.278. The monoisotopic (exact) mass is 670 g/mol. The number of amides is 2. The number of ether oxygens (including phenoxy) is 2. The zero-order chi connectivity index (χ0) is 34.3. The van der Waals surface area contributed by atoms with Gasteiger partial charge in [0.25, 0.3) is 10.0 Å². The van der Waals surface area contributed by atoms with Crippen molar-refractivity contribution < 1.29 is 32.3 Å². The van der Waals surface area contributed by atoms with Crippen LogP contribution in [0.2, 0.25) is 0 Å². The number of nitrogens with zero attached hydrogens (tertiary/aromatic N) is 2. The number of anilines is 2. The first-order chi connectivity index (χ1) is 23.1. The highest BCUT2D eigenvalue weighted by Gasteiger charge is 2.31. The molecule has 0 bridgehead atoms. The molecule has 0 spiro atoms. The molecule has 11 nitrogen and oxygen atoms in total. The van der Waals surface area contributed by atoms with Crippen molar-refractivity contribution in [3.8, 4) is 0 Å². The van der Waals surface area contributed by atoms with E-state index in [2.05, 4.69) is 5.32 Å². The molecule has 1 aliphatic rings. The first-order valence-electron chi connectivity index (χ1n) is 15.8. The molecule has 0 saturated heterocycles. The fourth-order valence-corrected chi connectivity index (χ4v) is 7.36. The quantitative estimate of drug-likeness (QED) is 0.120. The van der Waals surface area contributed by atoms with E-state index in [1.165, 1.54) is 6.07 Å². The predicted molar refractivity (Wildman–Crippen MR) is 184 cm³/mol. The Morgan fingerprint density at radius 2 is 1.65 bits per heavy atom. The van der Waals surface area contributed by atoms with Crippen LogP contribution in [0.1, 0.15) is 43.4 Å². The van der Waals surface area contributed by atoms with E-state index in [1.807, 2.05) is 30.3 Å². The number of rotatable bonds is 11. The number of aryl methyl sites for hydroxylation is 2. The van der Waals surface area contributed by atoms with Crippen LogP contribution in [-0.2, 0) is 41.9 Å². The minimum atomic E-state index is -4.20. The van der Waals surface area contributed by atoms with Crippen molar-refractivity contribution in [1.82, 2.24) is 5.32 Å². The third-order valence-corrected chi connectivity index (χ3v) is 9.87. The van der Waals surface area contributed by atoms with Crippen LogP contribution < -0.4 is 14.5 Å². The van der Waals surface area contributed by atoms with Gasteiger partial charge in [0.1, 0.15) is 12.4 Å². The Labute approximate surface area is 280 Å². The smallest absolute Gasteiger partial charge is 0.412 e. The molecule has 0 fully saturated rings. The lowest BCUT2D eigenvalue weighted by Gasteiger charge is -2.31. The predicted octanol–water partition coefficient (Wildman–Crippen LogP) is 5.58. The molecule has 0 atom stereocenters. The lowest BCUT2D eigenvalue weighted by atomic mass is 9.99. The average molecular weight is 671 g/mol. The molecule has 0 aliphatic carbocycles. The minimum Gasteiger partial charge on any atom is -0.465 e. The number of sulfonamides is 1. The molecule has 4 aromatic rings. The number of amidine groups is 1. The van der Waals surface area contributed by atoms with Gasteiger partial charge in [0.05, 0.1) is 23.8 Å². The molecule has 1 heterocycles. The SMILES string of the molecule is CCOC(=O)CN(c1ccc2c(c1)CCCN2C(=O)CCc1ccc(C(=N)NC(=O)OCC)cc1)S(=O)(=O)c1cccc2ccccc12. The Hall–Kier alpha value is -5.23. The van der Waals surface area contributed by atoms with Crippen molar-refractivity contribution in [1.29, 1.82) is 5.41 Å². The van der Waals surface area contributed by atoms with Gasteiger partial charge in [-0.3, -0.25) is 24.6 Å². The van der Waals surface area contributed by atoms with Gasteiger partial charge in [0.2, 0.25) is 5.91 Å². The number of alkyl carbamates (subject to hydrolysis) is 1. The third-order valence-electron chi connectivity index (χ3n) is 8.04. The van der Waals surface area contributed by atoms with Crippen LogP contribution in [0.15, 0.2) is 89.8 Å². The number of esters is 1. The molecule has 0 aromatic heterocycles. The van der Waals surface area contributed by atoms with Gasteiger partial charge in [-0.2, -0.15) is 0 Å². The van der Waals surface area contributed by atoms with Crippen molar-refractivity contribution in [2.45, 2.75) is 44.4 Å². The maximum Gasteiger partial charge on any atom is 0.412 e. The van der Waals surface area contributed by atoms with E-state index in [1.54, 1.807) is 67.3 Å². The Morgan fingerprint density at radius 3 is 2.40 bits per heavy atom. The highest BCUT2D eigenvalue weighted by molar-refractivity contribution is 7.93. The summed E-state index contributed by atoms with van der Waals surface area (Å²) in [5.41, 5.74) is 3.25. The zero-order valence-corrected chi connectivity index (χ0v) is 27.7. The van der Waals surface area contributed by atoms with E-state index in [-0.39, 0.29) is 36.3 Å². The van der Waals surface area contributed by atoms with Gasteiger partial charge < -0.3 is 14.4 Å². The number of hydrogen-bond donors (Lipinski definition) is 2. The molecule has 12 heteroatoms. The molecule has 0 saturated carbocycles. The maximum atomic E-state index is 14.2. The van der Waals surface area contributed by atoms with E-state index >= 15 is 0 Å². The summed E-state index contributed by atoms with van der Waals surface area (Å²) in [6.07, 6.45) is 1.36. The van der Waals surface area contributed by atoms with Crippen molar-refractivity contribution in [2.75, 3.05) is 35.5 Å². The van der Waals surface area contributed by atoms with Crippen LogP contribution in [0.3, 0.4) is 0 Å². The normalized spacial score (nSPS) is 12.6. The highest BCUT2D eigenvalue weighted by atomic mass is 32.2. The van der Waals surface area contributed by atoms with E-state index < -0.39 is 28.6 Å². The summed E-state index contributed by atoms with van der Waals surface area (Å²) in [6, 6.07) is 24.4. The summed E-state index contributed by atoms with van der Waals surface area (Å²) >= 11 is 0. The standard InChI is InChI=1S/C36H38N4O7S/c1-3-46-34(42)24-40(48(44,45)32-13-7-10-26-9-5-6-12-30(26)32)29-19-20-31-28(23-29)11-8-22-39(31)33(41)21-16-25-14-17-27(18-15-25)35(37)38-36(43)47-4-2/h5-7,9-10,12-15,17-20,23H,3-4,8,11,16,21-22,24H2,1-2H3,(H2,37,38,43). The van der Waals surface area contributed by atoms with Crippen LogP contribution in [0.5, 0.6) is 0 Å². The van der Waals surface area contributed by atoms with Gasteiger partial charge in [-0.05, 0) is 73.9 Å². The summed E-state index contributed by atoms with van der Waals surface area (Å²) in [4.78, 5) is 39.6. The second kappa shape index (κ2) is 15.1.